The van der Waals surface area contributed by atoms with Gasteiger partial charge in [-0.3, -0.25) is 19.3 Å². The van der Waals surface area contributed by atoms with Crippen LogP contribution >= 0.6 is 11.3 Å². The highest BCUT2D eigenvalue weighted by molar-refractivity contribution is 7.12. The van der Waals surface area contributed by atoms with E-state index in [9.17, 15) is 14.4 Å². The quantitative estimate of drug-likeness (QED) is 0.421. The van der Waals surface area contributed by atoms with Crippen molar-refractivity contribution in [3.8, 4) is 5.75 Å². The smallest absolute Gasteiger partial charge is 0.265 e. The van der Waals surface area contributed by atoms with Gasteiger partial charge in [0.2, 0.25) is 11.8 Å². The van der Waals surface area contributed by atoms with Crippen molar-refractivity contribution in [1.82, 2.24) is 4.90 Å². The van der Waals surface area contributed by atoms with Crippen molar-refractivity contribution in [2.75, 3.05) is 42.7 Å². The van der Waals surface area contributed by atoms with Gasteiger partial charge in [-0.25, -0.2) is 0 Å². The van der Waals surface area contributed by atoms with Crippen molar-refractivity contribution in [2.45, 2.75) is 6.92 Å². The molecule has 1 heterocycles. The van der Waals surface area contributed by atoms with E-state index in [0.29, 0.717) is 34.2 Å². The lowest BCUT2D eigenvalue weighted by molar-refractivity contribution is -0.119. The van der Waals surface area contributed by atoms with Crippen LogP contribution in [0, 0.1) is 0 Å². The first-order chi connectivity index (χ1) is 16.0. The van der Waals surface area contributed by atoms with Gasteiger partial charge in [0, 0.05) is 11.4 Å². The lowest BCUT2D eigenvalue weighted by Crippen LogP contribution is -2.38. The first kappa shape index (κ1) is 24.0. The number of carbonyl (C=O) groups is 3. The molecule has 0 spiro atoms. The van der Waals surface area contributed by atoms with E-state index in [1.165, 1.54) is 18.4 Å². The number of anilines is 3. The van der Waals surface area contributed by atoms with Crippen LogP contribution in [0.25, 0.3) is 0 Å². The first-order valence-electron chi connectivity index (χ1n) is 10.4. The van der Waals surface area contributed by atoms with Crippen molar-refractivity contribution < 1.29 is 19.1 Å². The Labute approximate surface area is 196 Å². The molecule has 8 nitrogen and oxygen atoms in total. The van der Waals surface area contributed by atoms with Crippen molar-refractivity contribution in [3.05, 3.63) is 70.9 Å². The normalized spacial score (nSPS) is 10.5. The summed E-state index contributed by atoms with van der Waals surface area (Å²) in [4.78, 5) is 39.4. The Balaban J connectivity index is 1.49. The van der Waals surface area contributed by atoms with Crippen LogP contribution in [0.1, 0.15) is 16.6 Å². The van der Waals surface area contributed by atoms with Crippen LogP contribution < -0.4 is 20.7 Å². The van der Waals surface area contributed by atoms with E-state index >= 15 is 0 Å². The zero-order valence-electron chi connectivity index (χ0n) is 18.5. The number of amides is 3. The Morgan fingerprint density at radius 1 is 0.848 bits per heavy atom. The fourth-order valence-corrected chi connectivity index (χ4v) is 3.68. The average Bonchev–Trinajstić information content (AvgIpc) is 3.35. The maximum atomic E-state index is 12.5. The zero-order valence-corrected chi connectivity index (χ0v) is 19.3. The molecule has 0 unspecified atom stereocenters. The summed E-state index contributed by atoms with van der Waals surface area (Å²) >= 11 is 1.37. The molecule has 0 aliphatic heterocycles. The van der Waals surface area contributed by atoms with Crippen molar-refractivity contribution in [1.29, 1.82) is 0 Å². The second-order valence-corrected chi connectivity index (χ2v) is 8.06. The molecule has 3 N–H and O–H groups in total. The number of para-hydroxylation sites is 2. The second kappa shape index (κ2) is 11.8. The number of hydrogen-bond donors (Lipinski definition) is 3. The second-order valence-electron chi connectivity index (χ2n) is 7.11. The van der Waals surface area contributed by atoms with Gasteiger partial charge in [0.1, 0.15) is 5.75 Å². The predicted molar refractivity (Wildman–Crippen MR) is 131 cm³/mol. The third-order valence-corrected chi connectivity index (χ3v) is 5.60. The molecule has 0 radical (unpaired) electrons. The monoisotopic (exact) mass is 466 g/mol. The number of nitrogens with zero attached hydrogens (tertiary/aromatic N) is 1. The standard InChI is InChI=1S/C24H26N4O4S/c1-3-28(16-23(30)27-19-7-4-5-8-20(19)32-2)15-22(29)25-17-10-12-18(13-11-17)26-24(31)21-9-6-14-33-21/h4-14H,3,15-16H2,1-2H3,(H,25,29)(H,26,31)(H,27,30). The molecular formula is C24H26N4O4S. The molecule has 0 bridgehead atoms. The largest absolute Gasteiger partial charge is 0.495 e. The lowest BCUT2D eigenvalue weighted by atomic mass is 10.2. The van der Waals surface area contributed by atoms with E-state index in [1.807, 2.05) is 30.5 Å². The zero-order chi connectivity index (χ0) is 23.6. The SMILES string of the molecule is CCN(CC(=O)Nc1ccc(NC(=O)c2cccs2)cc1)CC(=O)Nc1ccccc1OC. The molecule has 0 fully saturated rings. The molecular weight excluding hydrogens is 440 g/mol. The summed E-state index contributed by atoms with van der Waals surface area (Å²) in [5, 5.41) is 10.3. The molecule has 9 heteroatoms. The lowest BCUT2D eigenvalue weighted by Gasteiger charge is -2.20. The number of carbonyl (C=O) groups excluding carboxylic acids is 3. The third-order valence-electron chi connectivity index (χ3n) is 4.73. The predicted octanol–water partition coefficient (Wildman–Crippen LogP) is 3.91. The van der Waals surface area contributed by atoms with Crippen molar-refractivity contribution in [2.24, 2.45) is 0 Å². The topological polar surface area (TPSA) is 99.8 Å². The Bertz CT molecular complexity index is 1080. The van der Waals surface area contributed by atoms with Gasteiger partial charge in [-0.1, -0.05) is 25.1 Å². The third kappa shape index (κ3) is 7.16. The molecule has 3 amide bonds. The van der Waals surface area contributed by atoms with Gasteiger partial charge in [0.05, 0.1) is 30.8 Å². The van der Waals surface area contributed by atoms with E-state index in [4.69, 9.17) is 4.74 Å². The number of likely N-dealkylation sites (N-methyl/N-ethyl adjacent to an activating group) is 1. The maximum absolute atomic E-state index is 12.5. The summed E-state index contributed by atoms with van der Waals surface area (Å²) in [6, 6.07) is 17.6. The van der Waals surface area contributed by atoms with Gasteiger partial charge in [-0.15, -0.1) is 11.3 Å². The highest BCUT2D eigenvalue weighted by atomic mass is 32.1. The number of benzene rings is 2. The fraction of sp³-hybridized carbons (Fsp3) is 0.208. The maximum Gasteiger partial charge on any atom is 0.265 e. The summed E-state index contributed by atoms with van der Waals surface area (Å²) in [5.74, 6) is -0.0780. The molecule has 1 aromatic heterocycles. The summed E-state index contributed by atoms with van der Waals surface area (Å²) in [6.07, 6.45) is 0. The number of methoxy groups -OCH3 is 1. The Morgan fingerprint density at radius 2 is 1.48 bits per heavy atom. The average molecular weight is 467 g/mol. The minimum Gasteiger partial charge on any atom is -0.495 e. The minimum absolute atomic E-state index is 0.0622. The molecule has 0 saturated carbocycles. The number of rotatable bonds is 10. The highest BCUT2D eigenvalue weighted by Crippen LogP contribution is 2.23. The number of nitrogens with one attached hydrogen (secondary N) is 3. The van der Waals surface area contributed by atoms with E-state index in [-0.39, 0.29) is 30.8 Å². The molecule has 3 rings (SSSR count). The van der Waals surface area contributed by atoms with Crippen LogP contribution in [0.2, 0.25) is 0 Å². The van der Waals surface area contributed by atoms with Crippen molar-refractivity contribution >= 4 is 46.1 Å². The van der Waals surface area contributed by atoms with E-state index in [1.54, 1.807) is 47.4 Å². The van der Waals surface area contributed by atoms with Gasteiger partial charge in [0.15, 0.2) is 0 Å². The molecule has 2 aromatic carbocycles. The number of ether oxygens (including phenoxy) is 1. The minimum atomic E-state index is -0.239. The van der Waals surface area contributed by atoms with Gasteiger partial charge in [-0.05, 0) is 54.4 Å². The molecule has 0 atom stereocenters. The van der Waals surface area contributed by atoms with Crippen LogP contribution in [0.5, 0.6) is 5.75 Å². The van der Waals surface area contributed by atoms with Crippen LogP contribution in [0.4, 0.5) is 17.1 Å². The van der Waals surface area contributed by atoms with Crippen LogP contribution in [-0.4, -0.2) is 49.4 Å². The Kier molecular flexibility index (Phi) is 8.56. The summed E-state index contributed by atoms with van der Waals surface area (Å²) in [6.45, 7) is 2.54. The van der Waals surface area contributed by atoms with Crippen LogP contribution in [0.15, 0.2) is 66.0 Å². The Morgan fingerprint density at radius 3 is 2.09 bits per heavy atom. The molecule has 33 heavy (non-hydrogen) atoms. The highest BCUT2D eigenvalue weighted by Gasteiger charge is 2.15. The van der Waals surface area contributed by atoms with Gasteiger partial charge in [-0.2, -0.15) is 0 Å². The van der Waals surface area contributed by atoms with Crippen molar-refractivity contribution in [3.63, 3.8) is 0 Å². The van der Waals surface area contributed by atoms with Crippen LogP contribution in [-0.2, 0) is 9.59 Å². The van der Waals surface area contributed by atoms with Gasteiger partial charge < -0.3 is 20.7 Å². The summed E-state index contributed by atoms with van der Waals surface area (Å²) in [7, 11) is 1.54. The summed E-state index contributed by atoms with van der Waals surface area (Å²) in [5.41, 5.74) is 1.81. The van der Waals surface area contributed by atoms with E-state index < -0.39 is 0 Å². The summed E-state index contributed by atoms with van der Waals surface area (Å²) < 4.78 is 5.24. The van der Waals surface area contributed by atoms with Crippen LogP contribution in [0.3, 0.4) is 0 Å². The van der Waals surface area contributed by atoms with E-state index in [2.05, 4.69) is 16.0 Å². The fourth-order valence-electron chi connectivity index (χ4n) is 3.06. The van der Waals surface area contributed by atoms with E-state index in [0.717, 1.165) is 0 Å². The number of hydrogen-bond acceptors (Lipinski definition) is 6. The molecule has 0 saturated heterocycles. The molecule has 3 aromatic rings. The number of thiophene rings is 1. The molecule has 0 aliphatic carbocycles. The van der Waals surface area contributed by atoms with Gasteiger partial charge in [0.25, 0.3) is 5.91 Å². The molecule has 0 aliphatic rings. The molecule has 172 valence electrons. The van der Waals surface area contributed by atoms with Gasteiger partial charge >= 0.3 is 0 Å². The first-order valence-corrected chi connectivity index (χ1v) is 11.3. The Hall–Kier alpha value is -3.69.